The number of anilines is 1. The molecular weight excluding hydrogens is 319 g/mol. The SMILES string of the molecule is Cc1cccc(C)c1NC(=O)C1CCCN1C(=O)c1ccccc1F. The lowest BCUT2D eigenvalue weighted by Gasteiger charge is -2.25. The number of halogens is 1. The van der Waals surface area contributed by atoms with Crippen LogP contribution in [0.25, 0.3) is 0 Å². The maximum absolute atomic E-state index is 13.9. The second-order valence-corrected chi connectivity index (χ2v) is 6.39. The molecule has 1 aliphatic rings. The summed E-state index contributed by atoms with van der Waals surface area (Å²) in [5, 5.41) is 2.94. The highest BCUT2D eigenvalue weighted by atomic mass is 19.1. The predicted molar refractivity (Wildman–Crippen MR) is 95.0 cm³/mol. The van der Waals surface area contributed by atoms with Gasteiger partial charge < -0.3 is 10.2 Å². The zero-order valence-electron chi connectivity index (χ0n) is 14.4. The Morgan fingerprint density at radius 2 is 1.76 bits per heavy atom. The van der Waals surface area contributed by atoms with Crippen LogP contribution in [0, 0.1) is 19.7 Å². The molecule has 0 aromatic heterocycles. The van der Waals surface area contributed by atoms with Crippen molar-refractivity contribution in [3.63, 3.8) is 0 Å². The molecule has 0 saturated carbocycles. The summed E-state index contributed by atoms with van der Waals surface area (Å²) in [5.74, 6) is -1.22. The van der Waals surface area contributed by atoms with E-state index < -0.39 is 17.8 Å². The summed E-state index contributed by atoms with van der Waals surface area (Å²) in [5.41, 5.74) is 2.73. The standard InChI is InChI=1S/C20H21FN2O2/c1-13-7-5-8-14(2)18(13)22-19(24)17-11-6-12-23(17)20(25)15-9-3-4-10-16(15)21/h3-5,7-10,17H,6,11-12H2,1-2H3,(H,22,24). The second kappa shape index (κ2) is 7.05. The highest BCUT2D eigenvalue weighted by Gasteiger charge is 2.35. The van der Waals surface area contributed by atoms with Crippen molar-refractivity contribution in [3.8, 4) is 0 Å². The number of nitrogens with zero attached hydrogens (tertiary/aromatic N) is 1. The van der Waals surface area contributed by atoms with E-state index in [4.69, 9.17) is 0 Å². The van der Waals surface area contributed by atoms with Crippen molar-refractivity contribution in [2.75, 3.05) is 11.9 Å². The van der Waals surface area contributed by atoms with Crippen LogP contribution in [0.3, 0.4) is 0 Å². The number of hydrogen-bond acceptors (Lipinski definition) is 2. The van der Waals surface area contributed by atoms with Crippen molar-refractivity contribution in [2.24, 2.45) is 0 Å². The maximum atomic E-state index is 13.9. The molecule has 3 rings (SSSR count). The van der Waals surface area contributed by atoms with Gasteiger partial charge in [-0.2, -0.15) is 0 Å². The first kappa shape index (κ1) is 17.1. The van der Waals surface area contributed by atoms with Gasteiger partial charge in [0.25, 0.3) is 5.91 Å². The van der Waals surface area contributed by atoms with Gasteiger partial charge in [-0.05, 0) is 49.9 Å². The number of likely N-dealkylation sites (tertiary alicyclic amines) is 1. The molecular formula is C20H21FN2O2. The summed E-state index contributed by atoms with van der Waals surface area (Å²) in [6.07, 6.45) is 1.31. The van der Waals surface area contributed by atoms with Crippen molar-refractivity contribution in [3.05, 3.63) is 65.0 Å². The van der Waals surface area contributed by atoms with E-state index in [2.05, 4.69) is 5.32 Å². The van der Waals surface area contributed by atoms with Crippen molar-refractivity contribution >= 4 is 17.5 Å². The van der Waals surface area contributed by atoms with Crippen LogP contribution in [0.1, 0.15) is 34.3 Å². The Morgan fingerprint density at radius 3 is 2.44 bits per heavy atom. The van der Waals surface area contributed by atoms with Gasteiger partial charge in [0.1, 0.15) is 11.9 Å². The molecule has 0 radical (unpaired) electrons. The molecule has 1 N–H and O–H groups in total. The smallest absolute Gasteiger partial charge is 0.257 e. The number of aryl methyl sites for hydroxylation is 2. The van der Waals surface area contributed by atoms with Crippen LogP contribution in [0.15, 0.2) is 42.5 Å². The number of rotatable bonds is 3. The monoisotopic (exact) mass is 340 g/mol. The Morgan fingerprint density at radius 1 is 1.08 bits per heavy atom. The summed E-state index contributed by atoms with van der Waals surface area (Å²) in [6, 6.07) is 11.1. The van der Waals surface area contributed by atoms with E-state index in [-0.39, 0.29) is 11.5 Å². The minimum Gasteiger partial charge on any atom is -0.327 e. The Hall–Kier alpha value is -2.69. The van der Waals surface area contributed by atoms with Gasteiger partial charge in [-0.3, -0.25) is 9.59 Å². The van der Waals surface area contributed by atoms with Crippen LogP contribution in [-0.4, -0.2) is 29.3 Å². The number of nitrogens with one attached hydrogen (secondary N) is 1. The van der Waals surface area contributed by atoms with Gasteiger partial charge in [-0.1, -0.05) is 30.3 Å². The third-order valence-corrected chi connectivity index (χ3v) is 4.65. The van der Waals surface area contributed by atoms with Crippen LogP contribution in [-0.2, 0) is 4.79 Å². The van der Waals surface area contributed by atoms with E-state index in [1.54, 1.807) is 12.1 Å². The van der Waals surface area contributed by atoms with E-state index in [1.165, 1.54) is 17.0 Å². The number of amides is 2. The highest BCUT2D eigenvalue weighted by Crippen LogP contribution is 2.25. The Balaban J connectivity index is 1.81. The molecule has 1 aliphatic heterocycles. The van der Waals surface area contributed by atoms with Gasteiger partial charge in [-0.25, -0.2) is 4.39 Å². The van der Waals surface area contributed by atoms with Crippen molar-refractivity contribution in [2.45, 2.75) is 32.7 Å². The van der Waals surface area contributed by atoms with Crippen LogP contribution in [0.4, 0.5) is 10.1 Å². The molecule has 5 heteroatoms. The Labute approximate surface area is 146 Å². The largest absolute Gasteiger partial charge is 0.327 e. The number of para-hydroxylation sites is 1. The van der Waals surface area contributed by atoms with Crippen LogP contribution in [0.2, 0.25) is 0 Å². The van der Waals surface area contributed by atoms with Crippen molar-refractivity contribution in [1.29, 1.82) is 0 Å². The van der Waals surface area contributed by atoms with Crippen LogP contribution >= 0.6 is 0 Å². The molecule has 1 unspecified atom stereocenters. The van der Waals surface area contributed by atoms with Gasteiger partial charge in [0.05, 0.1) is 5.56 Å². The molecule has 1 saturated heterocycles. The summed E-state index contributed by atoms with van der Waals surface area (Å²) in [4.78, 5) is 26.9. The molecule has 2 aromatic carbocycles. The van der Waals surface area contributed by atoms with E-state index in [1.807, 2.05) is 32.0 Å². The fourth-order valence-corrected chi connectivity index (χ4v) is 3.29. The molecule has 25 heavy (non-hydrogen) atoms. The molecule has 0 aliphatic carbocycles. The fourth-order valence-electron chi connectivity index (χ4n) is 3.29. The molecule has 2 aromatic rings. The average molecular weight is 340 g/mol. The van der Waals surface area contributed by atoms with E-state index in [9.17, 15) is 14.0 Å². The number of carbonyl (C=O) groups is 2. The lowest BCUT2D eigenvalue weighted by Crippen LogP contribution is -2.43. The number of benzene rings is 2. The van der Waals surface area contributed by atoms with Gasteiger partial charge in [-0.15, -0.1) is 0 Å². The van der Waals surface area contributed by atoms with Crippen molar-refractivity contribution < 1.29 is 14.0 Å². The van der Waals surface area contributed by atoms with Gasteiger partial charge in [0.2, 0.25) is 5.91 Å². The van der Waals surface area contributed by atoms with Crippen LogP contribution in [0.5, 0.6) is 0 Å². The predicted octanol–water partition coefficient (Wildman–Crippen LogP) is 3.69. The van der Waals surface area contributed by atoms with Gasteiger partial charge in [0, 0.05) is 12.2 Å². The van der Waals surface area contributed by atoms with Gasteiger partial charge in [0.15, 0.2) is 0 Å². The lowest BCUT2D eigenvalue weighted by molar-refractivity contribution is -0.119. The second-order valence-electron chi connectivity index (χ2n) is 6.39. The fraction of sp³-hybridized carbons (Fsp3) is 0.300. The minimum absolute atomic E-state index is 0.00859. The Kier molecular flexibility index (Phi) is 4.83. The van der Waals surface area contributed by atoms with Gasteiger partial charge >= 0.3 is 0 Å². The molecule has 2 amide bonds. The zero-order valence-corrected chi connectivity index (χ0v) is 14.4. The molecule has 4 nitrogen and oxygen atoms in total. The molecule has 0 spiro atoms. The first-order chi connectivity index (χ1) is 12.0. The summed E-state index contributed by atoms with van der Waals surface area (Å²) in [6.45, 7) is 4.32. The van der Waals surface area contributed by atoms with Crippen molar-refractivity contribution in [1.82, 2.24) is 4.90 Å². The maximum Gasteiger partial charge on any atom is 0.257 e. The number of carbonyl (C=O) groups excluding carboxylic acids is 2. The van der Waals surface area contributed by atoms with E-state index in [0.717, 1.165) is 23.2 Å². The highest BCUT2D eigenvalue weighted by molar-refractivity contribution is 6.02. The number of hydrogen-bond donors (Lipinski definition) is 1. The molecule has 130 valence electrons. The zero-order chi connectivity index (χ0) is 18.0. The lowest BCUT2D eigenvalue weighted by atomic mass is 10.1. The summed E-state index contributed by atoms with van der Waals surface area (Å²) < 4.78 is 13.9. The molecule has 1 heterocycles. The van der Waals surface area contributed by atoms with E-state index >= 15 is 0 Å². The average Bonchev–Trinajstić information content (AvgIpc) is 3.08. The minimum atomic E-state index is -0.578. The topological polar surface area (TPSA) is 49.4 Å². The van der Waals surface area contributed by atoms with Crippen LogP contribution < -0.4 is 5.32 Å². The quantitative estimate of drug-likeness (QED) is 0.926. The Bertz CT molecular complexity index is 799. The normalized spacial score (nSPS) is 16.8. The molecule has 1 atom stereocenters. The third-order valence-electron chi connectivity index (χ3n) is 4.65. The third kappa shape index (κ3) is 3.40. The summed E-state index contributed by atoms with van der Waals surface area (Å²) in [7, 11) is 0. The molecule has 1 fully saturated rings. The first-order valence-corrected chi connectivity index (χ1v) is 8.41. The first-order valence-electron chi connectivity index (χ1n) is 8.41. The molecule has 0 bridgehead atoms. The summed E-state index contributed by atoms with van der Waals surface area (Å²) >= 11 is 0. The van der Waals surface area contributed by atoms with E-state index in [0.29, 0.717) is 13.0 Å².